The van der Waals surface area contributed by atoms with Crippen LogP contribution in [-0.2, 0) is 10.3 Å². The molecule has 2 heterocycles. The number of amidine groups is 1. The SMILES string of the molecule is NC1=NC(c2cccc(-c3cccnc3F)c2)(c2ccc(OC(F)F)cc2F)CO1. The van der Waals surface area contributed by atoms with E-state index < -0.39 is 23.9 Å². The zero-order valence-corrected chi connectivity index (χ0v) is 15.4. The van der Waals surface area contributed by atoms with Crippen LogP contribution in [0.15, 0.2) is 65.8 Å². The molecular formula is C21H15F4N3O2. The van der Waals surface area contributed by atoms with Gasteiger partial charge in [-0.1, -0.05) is 18.2 Å². The van der Waals surface area contributed by atoms with Crippen molar-refractivity contribution in [3.8, 4) is 16.9 Å². The van der Waals surface area contributed by atoms with Crippen molar-refractivity contribution in [2.75, 3.05) is 6.61 Å². The maximum Gasteiger partial charge on any atom is 0.387 e. The minimum absolute atomic E-state index is 0.0494. The van der Waals surface area contributed by atoms with Crippen LogP contribution in [0.1, 0.15) is 11.1 Å². The predicted molar refractivity (Wildman–Crippen MR) is 101 cm³/mol. The van der Waals surface area contributed by atoms with Crippen LogP contribution < -0.4 is 10.5 Å². The van der Waals surface area contributed by atoms with Gasteiger partial charge in [0.15, 0.2) is 5.54 Å². The first-order valence-electron chi connectivity index (χ1n) is 8.83. The smallest absolute Gasteiger partial charge is 0.387 e. The van der Waals surface area contributed by atoms with Gasteiger partial charge in [-0.15, -0.1) is 0 Å². The fourth-order valence-corrected chi connectivity index (χ4v) is 3.43. The van der Waals surface area contributed by atoms with Gasteiger partial charge >= 0.3 is 6.61 Å². The summed E-state index contributed by atoms with van der Waals surface area (Å²) in [6.07, 6.45) is 1.33. The van der Waals surface area contributed by atoms with E-state index in [4.69, 9.17) is 10.5 Å². The van der Waals surface area contributed by atoms with Crippen molar-refractivity contribution >= 4 is 6.02 Å². The summed E-state index contributed by atoms with van der Waals surface area (Å²) >= 11 is 0. The van der Waals surface area contributed by atoms with Gasteiger partial charge in [-0.25, -0.2) is 14.4 Å². The topological polar surface area (TPSA) is 69.7 Å². The summed E-state index contributed by atoms with van der Waals surface area (Å²) in [4.78, 5) is 7.95. The summed E-state index contributed by atoms with van der Waals surface area (Å²) in [6, 6.07) is 13.0. The summed E-state index contributed by atoms with van der Waals surface area (Å²) in [5.41, 5.74) is 5.61. The number of nitrogens with zero attached hydrogens (tertiary/aromatic N) is 2. The third-order valence-electron chi connectivity index (χ3n) is 4.75. The van der Waals surface area contributed by atoms with Crippen molar-refractivity contribution < 1.29 is 27.0 Å². The minimum atomic E-state index is -3.08. The zero-order chi connectivity index (χ0) is 21.3. The van der Waals surface area contributed by atoms with Gasteiger partial charge in [-0.2, -0.15) is 13.2 Å². The Bertz CT molecular complexity index is 1120. The lowest BCUT2D eigenvalue weighted by molar-refractivity contribution is -0.0500. The van der Waals surface area contributed by atoms with Crippen molar-refractivity contribution in [3.63, 3.8) is 0 Å². The van der Waals surface area contributed by atoms with E-state index in [9.17, 15) is 17.6 Å². The van der Waals surface area contributed by atoms with E-state index in [0.29, 0.717) is 11.1 Å². The Morgan fingerprint density at radius 3 is 2.57 bits per heavy atom. The Balaban J connectivity index is 1.84. The van der Waals surface area contributed by atoms with Gasteiger partial charge in [-0.3, -0.25) is 0 Å². The molecule has 1 atom stereocenters. The Kier molecular flexibility index (Phi) is 5.03. The van der Waals surface area contributed by atoms with Crippen LogP contribution in [0.2, 0.25) is 0 Å². The van der Waals surface area contributed by atoms with E-state index in [1.807, 2.05) is 0 Å². The van der Waals surface area contributed by atoms with Crippen LogP contribution in [0.3, 0.4) is 0 Å². The standard InChI is InChI=1S/C21H15F4N3O2/c22-17-10-14(30-19(24)25)6-7-16(17)21(11-29-20(26)28-21)13-4-1-3-12(9-13)15-5-2-8-27-18(15)23/h1-10,19H,11H2,(H2,26,28). The number of alkyl halides is 2. The summed E-state index contributed by atoms with van der Waals surface area (Å²) in [5.74, 6) is -1.81. The van der Waals surface area contributed by atoms with E-state index in [-0.39, 0.29) is 29.5 Å². The van der Waals surface area contributed by atoms with Crippen LogP contribution in [-0.4, -0.2) is 24.2 Å². The zero-order valence-electron chi connectivity index (χ0n) is 15.4. The molecule has 2 N–H and O–H groups in total. The number of ether oxygens (including phenoxy) is 2. The van der Waals surface area contributed by atoms with Crippen LogP contribution in [0.5, 0.6) is 5.75 Å². The van der Waals surface area contributed by atoms with E-state index in [0.717, 1.165) is 6.07 Å². The molecule has 3 aromatic rings. The quantitative estimate of drug-likeness (QED) is 0.499. The monoisotopic (exact) mass is 417 g/mol. The number of benzene rings is 2. The first-order valence-corrected chi connectivity index (χ1v) is 8.83. The molecule has 0 fully saturated rings. The molecule has 5 nitrogen and oxygen atoms in total. The molecule has 1 aromatic heterocycles. The average Bonchev–Trinajstić information content (AvgIpc) is 3.11. The van der Waals surface area contributed by atoms with Crippen molar-refractivity contribution in [1.82, 2.24) is 4.98 Å². The van der Waals surface area contributed by atoms with Gasteiger partial charge in [0.1, 0.15) is 18.2 Å². The molecule has 0 bridgehead atoms. The van der Waals surface area contributed by atoms with Crippen LogP contribution >= 0.6 is 0 Å². The lowest BCUT2D eigenvalue weighted by atomic mass is 9.83. The number of nitrogens with two attached hydrogens (primary N) is 1. The van der Waals surface area contributed by atoms with Gasteiger partial charge in [0.2, 0.25) is 5.95 Å². The first-order chi connectivity index (χ1) is 14.4. The van der Waals surface area contributed by atoms with Crippen molar-refractivity contribution in [3.05, 3.63) is 83.7 Å². The Morgan fingerprint density at radius 1 is 1.07 bits per heavy atom. The minimum Gasteiger partial charge on any atom is -0.462 e. The van der Waals surface area contributed by atoms with Crippen molar-refractivity contribution in [2.24, 2.45) is 10.7 Å². The van der Waals surface area contributed by atoms with Gasteiger partial charge in [0, 0.05) is 23.4 Å². The molecule has 0 aliphatic carbocycles. The molecule has 4 rings (SSSR count). The number of halogens is 4. The molecule has 1 unspecified atom stereocenters. The Hall–Kier alpha value is -3.62. The fraction of sp³-hybridized carbons (Fsp3) is 0.143. The fourth-order valence-electron chi connectivity index (χ4n) is 3.43. The van der Waals surface area contributed by atoms with Crippen molar-refractivity contribution in [2.45, 2.75) is 12.2 Å². The molecule has 1 aliphatic heterocycles. The van der Waals surface area contributed by atoms with Gasteiger partial charge in [0.05, 0.1) is 0 Å². The molecule has 0 amide bonds. The second kappa shape index (κ2) is 7.66. The van der Waals surface area contributed by atoms with Crippen LogP contribution in [0.4, 0.5) is 17.6 Å². The number of rotatable bonds is 5. The molecule has 0 radical (unpaired) electrons. The van der Waals surface area contributed by atoms with E-state index in [1.165, 1.54) is 18.3 Å². The highest BCUT2D eigenvalue weighted by Gasteiger charge is 2.42. The number of hydrogen-bond acceptors (Lipinski definition) is 5. The first kappa shape index (κ1) is 19.7. The summed E-state index contributed by atoms with van der Waals surface area (Å²) in [5, 5.41) is 0. The summed E-state index contributed by atoms with van der Waals surface area (Å²) in [7, 11) is 0. The van der Waals surface area contributed by atoms with Crippen LogP contribution in [0.25, 0.3) is 11.1 Å². The number of hydrogen-bond donors (Lipinski definition) is 1. The molecular weight excluding hydrogens is 402 g/mol. The molecule has 1 aliphatic rings. The molecule has 154 valence electrons. The number of aromatic nitrogens is 1. The van der Waals surface area contributed by atoms with Gasteiger partial charge in [-0.05, 0) is 41.5 Å². The van der Waals surface area contributed by atoms with Crippen LogP contribution in [0, 0.1) is 11.8 Å². The second-order valence-electron chi connectivity index (χ2n) is 6.54. The normalized spacial score (nSPS) is 18.2. The summed E-state index contributed by atoms with van der Waals surface area (Å²) in [6.45, 7) is -3.21. The Morgan fingerprint density at radius 2 is 1.90 bits per heavy atom. The van der Waals surface area contributed by atoms with Gasteiger partial charge in [0.25, 0.3) is 6.02 Å². The largest absolute Gasteiger partial charge is 0.462 e. The molecule has 0 spiro atoms. The molecule has 30 heavy (non-hydrogen) atoms. The van der Waals surface area contributed by atoms with E-state index >= 15 is 0 Å². The third kappa shape index (κ3) is 3.54. The predicted octanol–water partition coefficient (Wildman–Crippen LogP) is 4.22. The molecule has 0 saturated heterocycles. The lowest BCUT2D eigenvalue weighted by Gasteiger charge is -2.26. The van der Waals surface area contributed by atoms with E-state index in [1.54, 1.807) is 36.4 Å². The maximum atomic E-state index is 14.9. The third-order valence-corrected chi connectivity index (χ3v) is 4.75. The highest BCUT2D eigenvalue weighted by atomic mass is 19.3. The lowest BCUT2D eigenvalue weighted by Crippen LogP contribution is -2.28. The number of pyridine rings is 1. The molecule has 2 aromatic carbocycles. The molecule has 0 saturated carbocycles. The average molecular weight is 417 g/mol. The summed E-state index contributed by atoms with van der Waals surface area (Å²) < 4.78 is 63.6. The van der Waals surface area contributed by atoms with E-state index in [2.05, 4.69) is 14.7 Å². The van der Waals surface area contributed by atoms with Crippen molar-refractivity contribution in [1.29, 1.82) is 0 Å². The molecule has 9 heteroatoms. The van der Waals surface area contributed by atoms with Gasteiger partial charge < -0.3 is 15.2 Å². The highest BCUT2D eigenvalue weighted by Crippen LogP contribution is 2.41. The Labute approximate surface area is 168 Å². The second-order valence-corrected chi connectivity index (χ2v) is 6.54. The number of aliphatic imine (C=N–C) groups is 1. The highest BCUT2D eigenvalue weighted by molar-refractivity contribution is 5.76. The maximum absolute atomic E-state index is 14.9.